The van der Waals surface area contributed by atoms with Crippen LogP contribution in [0.3, 0.4) is 0 Å². The minimum atomic E-state index is 0.361. The van der Waals surface area contributed by atoms with Gasteiger partial charge in [0.25, 0.3) is 0 Å². The number of fused-ring (bicyclic) bond motifs is 1. The average Bonchev–Trinajstić information content (AvgIpc) is 2.38. The minimum Gasteiger partial charge on any atom is -0.375 e. The highest BCUT2D eigenvalue weighted by Crippen LogP contribution is 2.37. The quantitative estimate of drug-likeness (QED) is 0.792. The molecule has 0 bridgehead atoms. The second-order valence-corrected chi connectivity index (χ2v) is 7.21. The zero-order valence-electron chi connectivity index (χ0n) is 12.6. The van der Waals surface area contributed by atoms with Crippen molar-refractivity contribution in [3.8, 4) is 0 Å². The van der Waals surface area contributed by atoms with Gasteiger partial charge >= 0.3 is 0 Å². The highest BCUT2D eigenvalue weighted by atomic mass is 16.5. The van der Waals surface area contributed by atoms with E-state index in [2.05, 4.69) is 18.7 Å². The van der Waals surface area contributed by atoms with E-state index in [4.69, 9.17) is 10.5 Å². The van der Waals surface area contributed by atoms with E-state index < -0.39 is 0 Å². The Morgan fingerprint density at radius 1 is 1.11 bits per heavy atom. The maximum absolute atomic E-state index is 6.53. The first-order valence-electron chi connectivity index (χ1n) is 8.29. The number of morpholine rings is 1. The smallest absolute Gasteiger partial charge is 0.0731 e. The van der Waals surface area contributed by atoms with Crippen molar-refractivity contribution in [2.24, 2.45) is 17.6 Å². The molecule has 0 aromatic carbocycles. The lowest BCUT2D eigenvalue weighted by atomic mass is 9.74. The van der Waals surface area contributed by atoms with E-state index >= 15 is 0 Å². The first kappa shape index (κ1) is 13.8. The highest BCUT2D eigenvalue weighted by Gasteiger charge is 2.43. The number of hydrogen-bond donors (Lipinski definition) is 1. The Kier molecular flexibility index (Phi) is 4.16. The summed E-state index contributed by atoms with van der Waals surface area (Å²) in [6, 6.07) is 1.60. The third kappa shape index (κ3) is 2.70. The van der Waals surface area contributed by atoms with Crippen molar-refractivity contribution in [3.63, 3.8) is 0 Å². The van der Waals surface area contributed by atoms with Crippen LogP contribution in [-0.4, -0.2) is 42.3 Å². The second-order valence-electron chi connectivity index (χ2n) is 7.21. The van der Waals surface area contributed by atoms with Crippen molar-refractivity contribution in [2.45, 2.75) is 76.6 Å². The molecule has 0 spiro atoms. The molecule has 1 heterocycles. The van der Waals surface area contributed by atoms with Gasteiger partial charge in [0.05, 0.1) is 12.7 Å². The van der Waals surface area contributed by atoms with E-state index in [-0.39, 0.29) is 0 Å². The van der Waals surface area contributed by atoms with Crippen molar-refractivity contribution in [3.05, 3.63) is 0 Å². The molecule has 2 aliphatic carbocycles. The highest BCUT2D eigenvalue weighted by molar-refractivity contribution is 4.98. The molecule has 3 nitrogen and oxygen atoms in total. The molecule has 3 aliphatic rings. The average molecular weight is 266 g/mol. The Hall–Kier alpha value is -0.120. The van der Waals surface area contributed by atoms with E-state index in [1.807, 2.05) is 0 Å². The number of ether oxygens (including phenoxy) is 1. The number of nitrogens with two attached hydrogens (primary N) is 1. The largest absolute Gasteiger partial charge is 0.375 e. The van der Waals surface area contributed by atoms with Gasteiger partial charge in [-0.25, -0.2) is 0 Å². The summed E-state index contributed by atoms with van der Waals surface area (Å²) in [5, 5.41) is 0. The van der Waals surface area contributed by atoms with Gasteiger partial charge < -0.3 is 10.5 Å². The van der Waals surface area contributed by atoms with Crippen LogP contribution in [-0.2, 0) is 4.74 Å². The molecule has 0 amide bonds. The lowest BCUT2D eigenvalue weighted by Gasteiger charge is -2.52. The summed E-state index contributed by atoms with van der Waals surface area (Å²) >= 11 is 0. The molecule has 2 saturated carbocycles. The second kappa shape index (κ2) is 5.71. The molecule has 6 unspecified atom stereocenters. The Balaban J connectivity index is 1.75. The van der Waals surface area contributed by atoms with Crippen molar-refractivity contribution >= 4 is 0 Å². The van der Waals surface area contributed by atoms with Crippen LogP contribution >= 0.6 is 0 Å². The predicted molar refractivity (Wildman–Crippen MR) is 78.0 cm³/mol. The van der Waals surface area contributed by atoms with Gasteiger partial charge in [0.2, 0.25) is 0 Å². The summed E-state index contributed by atoms with van der Waals surface area (Å²) in [5.41, 5.74) is 6.53. The fourth-order valence-corrected chi connectivity index (χ4v) is 4.97. The van der Waals surface area contributed by atoms with E-state index in [0.717, 1.165) is 25.0 Å². The zero-order valence-corrected chi connectivity index (χ0v) is 12.6. The number of rotatable bonds is 1. The molecule has 1 saturated heterocycles. The van der Waals surface area contributed by atoms with Crippen LogP contribution in [0, 0.1) is 11.8 Å². The lowest BCUT2D eigenvalue weighted by Crippen LogP contribution is -2.63. The summed E-state index contributed by atoms with van der Waals surface area (Å²) in [7, 11) is 0. The third-order valence-corrected chi connectivity index (χ3v) is 5.63. The van der Waals surface area contributed by atoms with Gasteiger partial charge in [-0.05, 0) is 37.5 Å². The van der Waals surface area contributed by atoms with Crippen LogP contribution in [0.2, 0.25) is 0 Å². The normalized spacial score (nSPS) is 48.8. The summed E-state index contributed by atoms with van der Waals surface area (Å²) in [6.45, 7) is 6.77. The summed E-state index contributed by atoms with van der Waals surface area (Å²) in [6.07, 6.45) is 8.31. The van der Waals surface area contributed by atoms with Gasteiger partial charge in [0.15, 0.2) is 0 Å². The van der Waals surface area contributed by atoms with E-state index in [9.17, 15) is 0 Å². The van der Waals surface area contributed by atoms with Crippen LogP contribution in [0.15, 0.2) is 0 Å². The fourth-order valence-electron chi connectivity index (χ4n) is 4.97. The molecule has 6 atom stereocenters. The maximum atomic E-state index is 6.53. The molecule has 3 rings (SSSR count). The van der Waals surface area contributed by atoms with Crippen molar-refractivity contribution < 1.29 is 4.74 Å². The standard InChI is InChI=1S/C16H30N2O/c1-11-9-12(2)16(13(17)10-11)18-7-8-19-15-6-4-3-5-14(15)18/h11-16H,3-10,17H2,1-2H3. The summed E-state index contributed by atoms with van der Waals surface area (Å²) < 4.78 is 6.01. The molecule has 0 aromatic heterocycles. The predicted octanol–water partition coefficient (Wildman–Crippen LogP) is 2.39. The van der Waals surface area contributed by atoms with E-state index in [1.165, 1.54) is 38.5 Å². The molecule has 2 N–H and O–H groups in total. The Morgan fingerprint density at radius 2 is 1.89 bits per heavy atom. The van der Waals surface area contributed by atoms with Gasteiger partial charge in [-0.1, -0.05) is 26.7 Å². The first-order chi connectivity index (χ1) is 9.16. The zero-order chi connectivity index (χ0) is 13.4. The first-order valence-corrected chi connectivity index (χ1v) is 8.29. The molecule has 3 heteroatoms. The van der Waals surface area contributed by atoms with Gasteiger partial charge in [-0.3, -0.25) is 4.90 Å². The van der Waals surface area contributed by atoms with Gasteiger partial charge in [0.1, 0.15) is 0 Å². The van der Waals surface area contributed by atoms with E-state index in [0.29, 0.717) is 24.2 Å². The monoisotopic (exact) mass is 266 g/mol. The lowest BCUT2D eigenvalue weighted by molar-refractivity contribution is -0.118. The van der Waals surface area contributed by atoms with Crippen LogP contribution in [0.5, 0.6) is 0 Å². The van der Waals surface area contributed by atoms with Crippen LogP contribution < -0.4 is 5.73 Å². The SMILES string of the molecule is CC1CC(C)C(N2CCOC3CCCCC32)C(N)C1. The van der Waals surface area contributed by atoms with E-state index in [1.54, 1.807) is 0 Å². The Labute approximate surface area is 117 Å². The van der Waals surface area contributed by atoms with Gasteiger partial charge in [-0.2, -0.15) is 0 Å². The van der Waals surface area contributed by atoms with Crippen molar-refractivity contribution in [1.29, 1.82) is 0 Å². The molecule has 0 radical (unpaired) electrons. The van der Waals surface area contributed by atoms with Crippen LogP contribution in [0.4, 0.5) is 0 Å². The Morgan fingerprint density at radius 3 is 2.68 bits per heavy atom. The number of hydrogen-bond acceptors (Lipinski definition) is 3. The molecule has 110 valence electrons. The maximum Gasteiger partial charge on any atom is 0.0731 e. The van der Waals surface area contributed by atoms with Crippen molar-refractivity contribution in [1.82, 2.24) is 4.90 Å². The fraction of sp³-hybridized carbons (Fsp3) is 1.00. The molecule has 0 aromatic rings. The summed E-state index contributed by atoms with van der Waals surface area (Å²) in [5.74, 6) is 1.53. The van der Waals surface area contributed by atoms with Gasteiger partial charge in [0, 0.05) is 24.7 Å². The summed E-state index contributed by atoms with van der Waals surface area (Å²) in [4.78, 5) is 2.74. The van der Waals surface area contributed by atoms with Gasteiger partial charge in [-0.15, -0.1) is 0 Å². The molecular weight excluding hydrogens is 236 g/mol. The van der Waals surface area contributed by atoms with Crippen LogP contribution in [0.25, 0.3) is 0 Å². The minimum absolute atomic E-state index is 0.361. The molecule has 1 aliphatic heterocycles. The number of nitrogens with zero attached hydrogens (tertiary/aromatic N) is 1. The Bertz CT molecular complexity index is 295. The third-order valence-electron chi connectivity index (χ3n) is 5.63. The molecule has 3 fully saturated rings. The van der Waals surface area contributed by atoms with Crippen molar-refractivity contribution in [2.75, 3.05) is 13.2 Å². The van der Waals surface area contributed by atoms with Crippen LogP contribution in [0.1, 0.15) is 52.4 Å². The topological polar surface area (TPSA) is 38.5 Å². The molecule has 19 heavy (non-hydrogen) atoms. The molecular formula is C16H30N2O.